The van der Waals surface area contributed by atoms with Gasteiger partial charge in [-0.2, -0.15) is 5.10 Å². The van der Waals surface area contributed by atoms with Gasteiger partial charge >= 0.3 is 0 Å². The molecule has 0 aliphatic carbocycles. The van der Waals surface area contributed by atoms with Gasteiger partial charge in [-0.1, -0.05) is 24.3 Å². The summed E-state index contributed by atoms with van der Waals surface area (Å²) in [6, 6.07) is 7.45. The summed E-state index contributed by atoms with van der Waals surface area (Å²) >= 11 is 0. The van der Waals surface area contributed by atoms with Crippen molar-refractivity contribution in [2.75, 3.05) is 0 Å². The minimum atomic E-state index is -0.144. The number of nitrogens with one attached hydrogen (secondary N) is 1. The van der Waals surface area contributed by atoms with Crippen LogP contribution in [-0.2, 0) is 20.2 Å². The third kappa shape index (κ3) is 2.95. The van der Waals surface area contributed by atoms with Crippen LogP contribution in [0.15, 0.2) is 36.7 Å². The average Bonchev–Trinajstić information content (AvgIpc) is 2.83. The van der Waals surface area contributed by atoms with E-state index in [0.29, 0.717) is 12.1 Å². The number of benzene rings is 1. The molecule has 0 spiro atoms. The van der Waals surface area contributed by atoms with Crippen LogP contribution in [0.5, 0.6) is 0 Å². The van der Waals surface area contributed by atoms with Crippen LogP contribution in [0.4, 0.5) is 0 Å². The molecule has 2 N–H and O–H groups in total. The lowest BCUT2D eigenvalue weighted by Gasteiger charge is -2.04. The number of hydrogen-bond donors (Lipinski definition) is 2. The zero-order valence-corrected chi connectivity index (χ0v) is 10.1. The molecule has 5 heteroatoms. The van der Waals surface area contributed by atoms with Crippen molar-refractivity contribution in [3.05, 3.63) is 53.3 Å². The van der Waals surface area contributed by atoms with Crippen molar-refractivity contribution in [2.45, 2.75) is 13.2 Å². The number of amides is 1. The SMILES string of the molecule is Cn1cc(C(=O)NCc2ccc(CO)cc2)cn1. The lowest BCUT2D eigenvalue weighted by molar-refractivity contribution is 0.0951. The fraction of sp³-hybridized carbons (Fsp3) is 0.231. The van der Waals surface area contributed by atoms with E-state index in [1.165, 1.54) is 6.20 Å². The highest BCUT2D eigenvalue weighted by Gasteiger charge is 2.06. The van der Waals surface area contributed by atoms with E-state index in [1.54, 1.807) is 17.9 Å². The first-order valence-corrected chi connectivity index (χ1v) is 5.64. The van der Waals surface area contributed by atoms with Crippen LogP contribution in [0.25, 0.3) is 0 Å². The maximum atomic E-state index is 11.7. The Morgan fingerprint density at radius 3 is 2.56 bits per heavy atom. The van der Waals surface area contributed by atoms with Crippen molar-refractivity contribution in [3.8, 4) is 0 Å². The normalized spacial score (nSPS) is 10.3. The summed E-state index contributed by atoms with van der Waals surface area (Å²) in [5.74, 6) is -0.144. The van der Waals surface area contributed by atoms with Gasteiger partial charge in [-0.05, 0) is 11.1 Å². The first kappa shape index (κ1) is 12.3. The first-order valence-electron chi connectivity index (χ1n) is 5.64. The van der Waals surface area contributed by atoms with Crippen LogP contribution < -0.4 is 5.32 Å². The van der Waals surface area contributed by atoms with E-state index >= 15 is 0 Å². The zero-order valence-electron chi connectivity index (χ0n) is 10.1. The van der Waals surface area contributed by atoms with Crippen molar-refractivity contribution >= 4 is 5.91 Å². The Morgan fingerprint density at radius 2 is 2.00 bits per heavy atom. The van der Waals surface area contributed by atoms with Crippen molar-refractivity contribution in [3.63, 3.8) is 0 Å². The minimum absolute atomic E-state index is 0.0301. The molecule has 1 aromatic carbocycles. The largest absolute Gasteiger partial charge is 0.392 e. The van der Waals surface area contributed by atoms with Gasteiger partial charge in [0.1, 0.15) is 0 Å². The van der Waals surface area contributed by atoms with E-state index in [-0.39, 0.29) is 12.5 Å². The van der Waals surface area contributed by atoms with E-state index < -0.39 is 0 Å². The molecule has 0 radical (unpaired) electrons. The predicted molar refractivity (Wildman–Crippen MR) is 66.7 cm³/mol. The molecule has 1 amide bonds. The van der Waals surface area contributed by atoms with Crippen LogP contribution in [-0.4, -0.2) is 20.8 Å². The summed E-state index contributed by atoms with van der Waals surface area (Å²) in [6.45, 7) is 0.488. The quantitative estimate of drug-likeness (QED) is 0.839. The maximum absolute atomic E-state index is 11.7. The number of aromatic nitrogens is 2. The fourth-order valence-corrected chi connectivity index (χ4v) is 1.59. The van der Waals surface area contributed by atoms with E-state index in [1.807, 2.05) is 24.3 Å². The summed E-state index contributed by atoms with van der Waals surface area (Å²) in [5.41, 5.74) is 2.39. The lowest BCUT2D eigenvalue weighted by Crippen LogP contribution is -2.22. The van der Waals surface area contributed by atoms with E-state index in [4.69, 9.17) is 5.11 Å². The molecule has 0 saturated carbocycles. The molecule has 0 bridgehead atoms. The molecule has 18 heavy (non-hydrogen) atoms. The number of carbonyl (C=O) groups excluding carboxylic acids is 1. The highest BCUT2D eigenvalue weighted by atomic mass is 16.3. The average molecular weight is 245 g/mol. The third-order valence-electron chi connectivity index (χ3n) is 2.63. The predicted octanol–water partition coefficient (Wildman–Crippen LogP) is 0.842. The fourth-order valence-electron chi connectivity index (χ4n) is 1.59. The van der Waals surface area contributed by atoms with Gasteiger partial charge in [0.05, 0.1) is 18.4 Å². The number of aliphatic hydroxyl groups is 1. The highest BCUT2D eigenvalue weighted by Crippen LogP contribution is 2.04. The van der Waals surface area contributed by atoms with Crippen molar-refractivity contribution < 1.29 is 9.90 Å². The maximum Gasteiger partial charge on any atom is 0.254 e. The topological polar surface area (TPSA) is 67.2 Å². The van der Waals surface area contributed by atoms with E-state index in [9.17, 15) is 4.79 Å². The molecule has 2 aromatic rings. The van der Waals surface area contributed by atoms with Gasteiger partial charge in [-0.15, -0.1) is 0 Å². The van der Waals surface area contributed by atoms with Crippen LogP contribution in [0, 0.1) is 0 Å². The summed E-state index contributed by atoms with van der Waals surface area (Å²) < 4.78 is 1.59. The molecule has 0 saturated heterocycles. The number of carbonyl (C=O) groups is 1. The lowest BCUT2D eigenvalue weighted by atomic mass is 10.1. The number of aliphatic hydroxyl groups excluding tert-OH is 1. The number of hydrogen-bond acceptors (Lipinski definition) is 3. The molecular formula is C13H15N3O2. The molecule has 0 atom stereocenters. The molecular weight excluding hydrogens is 230 g/mol. The highest BCUT2D eigenvalue weighted by molar-refractivity contribution is 5.93. The molecule has 0 aliphatic rings. The Morgan fingerprint density at radius 1 is 1.33 bits per heavy atom. The molecule has 94 valence electrons. The standard InChI is InChI=1S/C13H15N3O2/c1-16-8-12(7-15-16)13(18)14-6-10-2-4-11(9-17)5-3-10/h2-5,7-8,17H,6,9H2,1H3,(H,14,18). The second-order valence-electron chi connectivity index (χ2n) is 4.06. The third-order valence-corrected chi connectivity index (χ3v) is 2.63. The summed E-state index contributed by atoms with van der Waals surface area (Å²) in [4.78, 5) is 11.7. The minimum Gasteiger partial charge on any atom is -0.392 e. The van der Waals surface area contributed by atoms with Crippen molar-refractivity contribution in [1.29, 1.82) is 0 Å². The Bertz CT molecular complexity index is 531. The Labute approximate surface area is 105 Å². The zero-order chi connectivity index (χ0) is 13.0. The Hall–Kier alpha value is -2.14. The van der Waals surface area contributed by atoms with Crippen molar-refractivity contribution in [1.82, 2.24) is 15.1 Å². The number of aryl methyl sites for hydroxylation is 1. The molecule has 2 rings (SSSR count). The van der Waals surface area contributed by atoms with Crippen LogP contribution in [0.2, 0.25) is 0 Å². The summed E-state index contributed by atoms with van der Waals surface area (Å²) in [6.07, 6.45) is 3.20. The monoisotopic (exact) mass is 245 g/mol. The van der Waals surface area contributed by atoms with E-state index in [2.05, 4.69) is 10.4 Å². The second kappa shape index (κ2) is 5.46. The van der Waals surface area contributed by atoms with Gasteiger partial charge < -0.3 is 10.4 Å². The molecule has 0 aliphatic heterocycles. The number of rotatable bonds is 4. The van der Waals surface area contributed by atoms with Gasteiger partial charge in [-0.3, -0.25) is 9.48 Å². The van der Waals surface area contributed by atoms with Crippen LogP contribution in [0.3, 0.4) is 0 Å². The van der Waals surface area contributed by atoms with Gasteiger partial charge in [0.25, 0.3) is 5.91 Å². The Balaban J connectivity index is 1.92. The molecule has 0 fully saturated rings. The summed E-state index contributed by atoms with van der Waals surface area (Å²) in [5, 5.41) is 15.7. The van der Waals surface area contributed by atoms with Crippen LogP contribution in [0.1, 0.15) is 21.5 Å². The second-order valence-corrected chi connectivity index (χ2v) is 4.06. The van der Waals surface area contributed by atoms with Gasteiger partial charge in [0.2, 0.25) is 0 Å². The Kier molecular flexibility index (Phi) is 3.74. The van der Waals surface area contributed by atoms with Crippen LogP contribution >= 0.6 is 0 Å². The first-order chi connectivity index (χ1) is 8.69. The molecule has 1 heterocycles. The van der Waals surface area contributed by atoms with Gasteiger partial charge in [0, 0.05) is 19.8 Å². The van der Waals surface area contributed by atoms with Gasteiger partial charge in [0.15, 0.2) is 0 Å². The molecule has 5 nitrogen and oxygen atoms in total. The summed E-state index contributed by atoms with van der Waals surface area (Å²) in [7, 11) is 1.77. The van der Waals surface area contributed by atoms with Gasteiger partial charge in [-0.25, -0.2) is 0 Å². The number of nitrogens with zero attached hydrogens (tertiary/aromatic N) is 2. The smallest absolute Gasteiger partial charge is 0.254 e. The van der Waals surface area contributed by atoms with Crippen molar-refractivity contribution in [2.24, 2.45) is 7.05 Å². The van der Waals surface area contributed by atoms with E-state index in [0.717, 1.165) is 11.1 Å². The molecule has 1 aromatic heterocycles. The molecule has 0 unspecified atom stereocenters.